The van der Waals surface area contributed by atoms with E-state index < -0.39 is 0 Å². The number of hydrogen-bond donors (Lipinski definition) is 0. The van der Waals surface area contributed by atoms with Crippen LogP contribution in [0.4, 0.5) is 0 Å². The van der Waals surface area contributed by atoms with Crippen LogP contribution in [0.3, 0.4) is 0 Å². The molecule has 70 valence electrons. The standard InChI is InChI=1S/C11H16N2/c1-8(2)13-7-5-10-4-6-12-11(10)9(13)3/h6,8H,3-5,7H2,1-2H3. The van der Waals surface area contributed by atoms with E-state index in [-0.39, 0.29) is 0 Å². The molecule has 13 heavy (non-hydrogen) atoms. The maximum absolute atomic E-state index is 4.38. The summed E-state index contributed by atoms with van der Waals surface area (Å²) in [7, 11) is 0. The highest BCUT2D eigenvalue weighted by Crippen LogP contribution is 2.32. The molecule has 0 aromatic rings. The van der Waals surface area contributed by atoms with Gasteiger partial charge in [0.2, 0.25) is 0 Å². The molecule has 0 saturated heterocycles. The minimum Gasteiger partial charge on any atom is -0.368 e. The van der Waals surface area contributed by atoms with Gasteiger partial charge in [-0.05, 0) is 25.8 Å². The summed E-state index contributed by atoms with van der Waals surface area (Å²) in [4.78, 5) is 6.72. The Morgan fingerprint density at radius 3 is 3.00 bits per heavy atom. The summed E-state index contributed by atoms with van der Waals surface area (Å²) in [6, 6.07) is 0.539. The second-order valence-corrected chi connectivity index (χ2v) is 3.95. The average Bonchev–Trinajstić information content (AvgIpc) is 2.52. The van der Waals surface area contributed by atoms with Gasteiger partial charge in [-0.1, -0.05) is 6.58 Å². The molecule has 0 amide bonds. The summed E-state index contributed by atoms with van der Waals surface area (Å²) in [6.07, 6.45) is 4.20. The first-order chi connectivity index (χ1) is 6.20. The van der Waals surface area contributed by atoms with Gasteiger partial charge in [-0.2, -0.15) is 0 Å². The molecule has 2 heterocycles. The van der Waals surface area contributed by atoms with Gasteiger partial charge in [0.25, 0.3) is 0 Å². The second kappa shape index (κ2) is 3.02. The monoisotopic (exact) mass is 176 g/mol. The van der Waals surface area contributed by atoms with E-state index in [1.807, 2.05) is 6.21 Å². The predicted molar refractivity (Wildman–Crippen MR) is 55.7 cm³/mol. The average molecular weight is 176 g/mol. The predicted octanol–water partition coefficient (Wildman–Crippen LogP) is 2.34. The van der Waals surface area contributed by atoms with Crippen LogP contribution in [0, 0.1) is 0 Å². The topological polar surface area (TPSA) is 15.6 Å². The number of rotatable bonds is 1. The smallest absolute Gasteiger partial charge is 0.0849 e. The van der Waals surface area contributed by atoms with Crippen LogP contribution in [-0.2, 0) is 0 Å². The van der Waals surface area contributed by atoms with Gasteiger partial charge in [-0.25, -0.2) is 0 Å². The normalized spacial score (nSPS) is 21.8. The molecule has 0 bridgehead atoms. The van der Waals surface area contributed by atoms with Crippen LogP contribution in [0.5, 0.6) is 0 Å². The van der Waals surface area contributed by atoms with Gasteiger partial charge in [-0.15, -0.1) is 0 Å². The quantitative estimate of drug-likeness (QED) is 0.598. The Kier molecular flexibility index (Phi) is 1.98. The third kappa shape index (κ3) is 1.30. The van der Waals surface area contributed by atoms with Crippen LogP contribution in [0.2, 0.25) is 0 Å². The first kappa shape index (κ1) is 8.54. The SMILES string of the molecule is C=C1C2=C(CC=N2)CCN1C(C)C. The first-order valence-electron chi connectivity index (χ1n) is 4.90. The van der Waals surface area contributed by atoms with Crippen molar-refractivity contribution in [2.45, 2.75) is 32.7 Å². The minimum atomic E-state index is 0.539. The van der Waals surface area contributed by atoms with Crippen molar-refractivity contribution >= 4 is 6.21 Å². The summed E-state index contributed by atoms with van der Waals surface area (Å²) in [5.41, 5.74) is 3.74. The minimum absolute atomic E-state index is 0.539. The molecular weight excluding hydrogens is 160 g/mol. The van der Waals surface area contributed by atoms with Crippen LogP contribution in [0.1, 0.15) is 26.7 Å². The summed E-state index contributed by atoms with van der Waals surface area (Å²) in [5.74, 6) is 0. The highest BCUT2D eigenvalue weighted by atomic mass is 15.2. The van der Waals surface area contributed by atoms with E-state index in [2.05, 4.69) is 30.3 Å². The molecule has 2 nitrogen and oxygen atoms in total. The molecule has 0 radical (unpaired) electrons. The summed E-state index contributed by atoms with van der Waals surface area (Å²) < 4.78 is 0. The fraction of sp³-hybridized carbons (Fsp3) is 0.545. The Labute approximate surface area is 79.7 Å². The Morgan fingerprint density at radius 1 is 1.54 bits per heavy atom. The van der Waals surface area contributed by atoms with Crippen molar-refractivity contribution in [3.8, 4) is 0 Å². The number of hydrogen-bond acceptors (Lipinski definition) is 2. The van der Waals surface area contributed by atoms with E-state index >= 15 is 0 Å². The van der Waals surface area contributed by atoms with Crippen LogP contribution in [0.25, 0.3) is 0 Å². The third-order valence-corrected chi connectivity index (χ3v) is 2.79. The fourth-order valence-corrected chi connectivity index (χ4v) is 2.03. The van der Waals surface area contributed by atoms with Crippen molar-refractivity contribution in [1.82, 2.24) is 4.90 Å². The fourth-order valence-electron chi connectivity index (χ4n) is 2.03. The molecule has 0 unspecified atom stereocenters. The number of nitrogens with zero attached hydrogens (tertiary/aromatic N) is 2. The largest absolute Gasteiger partial charge is 0.368 e. The Bertz CT molecular complexity index is 297. The van der Waals surface area contributed by atoms with Gasteiger partial charge >= 0.3 is 0 Å². The van der Waals surface area contributed by atoms with Crippen LogP contribution < -0.4 is 0 Å². The molecule has 0 spiro atoms. The molecular formula is C11H16N2. The van der Waals surface area contributed by atoms with Gasteiger partial charge < -0.3 is 4.90 Å². The van der Waals surface area contributed by atoms with Gasteiger partial charge in [0.15, 0.2) is 0 Å². The Balaban J connectivity index is 2.26. The van der Waals surface area contributed by atoms with Gasteiger partial charge in [0.1, 0.15) is 0 Å². The molecule has 0 N–H and O–H groups in total. The third-order valence-electron chi connectivity index (χ3n) is 2.79. The lowest BCUT2D eigenvalue weighted by Crippen LogP contribution is -2.34. The summed E-state index contributed by atoms with van der Waals surface area (Å²) in [6.45, 7) is 9.63. The zero-order valence-corrected chi connectivity index (χ0v) is 8.38. The van der Waals surface area contributed by atoms with E-state index in [9.17, 15) is 0 Å². The molecule has 2 rings (SSSR count). The molecule has 0 aliphatic carbocycles. The molecule has 0 aromatic carbocycles. The lowest BCUT2D eigenvalue weighted by Gasteiger charge is -2.34. The van der Waals surface area contributed by atoms with E-state index in [4.69, 9.17) is 0 Å². The summed E-state index contributed by atoms with van der Waals surface area (Å²) >= 11 is 0. The van der Waals surface area contributed by atoms with Crippen molar-refractivity contribution in [3.63, 3.8) is 0 Å². The summed E-state index contributed by atoms with van der Waals surface area (Å²) in [5, 5.41) is 0. The van der Waals surface area contributed by atoms with Crippen molar-refractivity contribution in [2.75, 3.05) is 6.54 Å². The zero-order valence-electron chi connectivity index (χ0n) is 8.38. The first-order valence-corrected chi connectivity index (χ1v) is 4.90. The second-order valence-electron chi connectivity index (χ2n) is 3.95. The molecule has 0 fully saturated rings. The van der Waals surface area contributed by atoms with E-state index in [1.165, 1.54) is 5.57 Å². The molecule has 2 aliphatic rings. The van der Waals surface area contributed by atoms with Crippen molar-refractivity contribution in [2.24, 2.45) is 4.99 Å². The van der Waals surface area contributed by atoms with Gasteiger partial charge in [-0.3, -0.25) is 4.99 Å². The Morgan fingerprint density at radius 2 is 2.31 bits per heavy atom. The Hall–Kier alpha value is -1.05. The van der Waals surface area contributed by atoms with E-state index in [0.717, 1.165) is 30.8 Å². The zero-order chi connectivity index (χ0) is 9.42. The molecule has 0 aromatic heterocycles. The van der Waals surface area contributed by atoms with Gasteiger partial charge in [0.05, 0.1) is 11.4 Å². The van der Waals surface area contributed by atoms with E-state index in [1.54, 1.807) is 0 Å². The van der Waals surface area contributed by atoms with Crippen LogP contribution >= 0.6 is 0 Å². The molecule has 0 saturated carbocycles. The van der Waals surface area contributed by atoms with Crippen molar-refractivity contribution < 1.29 is 0 Å². The van der Waals surface area contributed by atoms with Gasteiger partial charge in [0, 0.05) is 25.2 Å². The maximum Gasteiger partial charge on any atom is 0.0849 e. The highest BCUT2D eigenvalue weighted by Gasteiger charge is 2.24. The highest BCUT2D eigenvalue weighted by molar-refractivity contribution is 5.69. The lowest BCUT2D eigenvalue weighted by molar-refractivity contribution is 0.282. The lowest BCUT2D eigenvalue weighted by atomic mass is 10.0. The molecule has 0 atom stereocenters. The van der Waals surface area contributed by atoms with Crippen molar-refractivity contribution in [3.05, 3.63) is 23.5 Å². The number of aliphatic imine (C=N–C) groups is 1. The van der Waals surface area contributed by atoms with Crippen LogP contribution in [-0.4, -0.2) is 23.7 Å². The van der Waals surface area contributed by atoms with Crippen LogP contribution in [0.15, 0.2) is 28.5 Å². The van der Waals surface area contributed by atoms with E-state index in [0.29, 0.717) is 6.04 Å². The van der Waals surface area contributed by atoms with Crippen molar-refractivity contribution in [1.29, 1.82) is 0 Å². The molecule has 2 heteroatoms. The molecule has 2 aliphatic heterocycles. The maximum atomic E-state index is 4.38.